The van der Waals surface area contributed by atoms with Crippen LogP contribution in [0, 0.1) is 6.92 Å². The largest absolute Gasteiger partial charge is 0.493 e. The molecule has 6 nitrogen and oxygen atoms in total. The van der Waals surface area contributed by atoms with Crippen LogP contribution >= 0.6 is 0 Å². The molecule has 0 fully saturated rings. The number of hydrogen-bond acceptors (Lipinski definition) is 5. The molecule has 0 radical (unpaired) electrons. The topological polar surface area (TPSA) is 63.7 Å². The van der Waals surface area contributed by atoms with Crippen LogP contribution in [-0.2, 0) is 0 Å². The van der Waals surface area contributed by atoms with Crippen molar-refractivity contribution in [3.05, 3.63) is 72.1 Å². The fourth-order valence-corrected chi connectivity index (χ4v) is 3.10. The first-order valence-electron chi connectivity index (χ1n) is 9.39. The maximum atomic E-state index is 12.6. The molecule has 3 aromatic rings. The molecule has 0 aliphatic heterocycles. The second-order valence-corrected chi connectivity index (χ2v) is 6.51. The number of hydrogen-bond donors (Lipinski definition) is 1. The first kappa shape index (κ1) is 20.2. The van der Waals surface area contributed by atoms with E-state index in [4.69, 9.17) is 9.47 Å². The van der Waals surface area contributed by atoms with Gasteiger partial charge in [-0.25, -0.2) is 4.98 Å². The average molecular weight is 391 g/mol. The summed E-state index contributed by atoms with van der Waals surface area (Å²) >= 11 is 0. The second kappa shape index (κ2) is 9.10. The Hall–Kier alpha value is -3.54. The molecule has 6 heteroatoms. The van der Waals surface area contributed by atoms with Crippen LogP contribution in [0.25, 0.3) is 0 Å². The highest BCUT2D eigenvalue weighted by Gasteiger charge is 2.13. The molecule has 0 atom stereocenters. The Balaban J connectivity index is 1.76. The standard InChI is InChI=1S/C23H25N3O3/c1-5-26(18-8-6-7-16(2)13-18)19-10-11-20(24-15-19)23(27)25-17-9-12-21(28-3)22(14-17)29-4/h6-15H,5H2,1-4H3,(H,25,27). The van der Waals surface area contributed by atoms with Crippen molar-refractivity contribution < 1.29 is 14.3 Å². The Kier molecular flexibility index (Phi) is 6.34. The summed E-state index contributed by atoms with van der Waals surface area (Å²) in [5.74, 6) is 0.858. The molecule has 0 bridgehead atoms. The predicted octanol–water partition coefficient (Wildman–Crippen LogP) is 4.82. The lowest BCUT2D eigenvalue weighted by Crippen LogP contribution is -2.18. The van der Waals surface area contributed by atoms with Gasteiger partial charge in [-0.05, 0) is 55.8 Å². The highest BCUT2D eigenvalue weighted by atomic mass is 16.5. The SMILES string of the molecule is CCN(c1ccc(C(=O)Nc2ccc(OC)c(OC)c2)nc1)c1cccc(C)c1. The van der Waals surface area contributed by atoms with Crippen LogP contribution < -0.4 is 19.7 Å². The Morgan fingerprint density at radius 1 is 1.00 bits per heavy atom. The number of carbonyl (C=O) groups is 1. The Morgan fingerprint density at radius 2 is 1.79 bits per heavy atom. The van der Waals surface area contributed by atoms with Gasteiger partial charge in [0.2, 0.25) is 0 Å². The molecule has 1 N–H and O–H groups in total. The number of nitrogens with one attached hydrogen (secondary N) is 1. The van der Waals surface area contributed by atoms with Crippen molar-refractivity contribution in [1.82, 2.24) is 4.98 Å². The van der Waals surface area contributed by atoms with Gasteiger partial charge >= 0.3 is 0 Å². The van der Waals surface area contributed by atoms with Gasteiger partial charge in [0, 0.05) is 24.0 Å². The molecule has 1 amide bonds. The summed E-state index contributed by atoms with van der Waals surface area (Å²) in [6.07, 6.45) is 1.72. The summed E-state index contributed by atoms with van der Waals surface area (Å²) in [6, 6.07) is 17.1. The van der Waals surface area contributed by atoms with Crippen molar-refractivity contribution >= 4 is 23.0 Å². The van der Waals surface area contributed by atoms with Gasteiger partial charge in [-0.15, -0.1) is 0 Å². The van der Waals surface area contributed by atoms with E-state index in [1.807, 2.05) is 12.1 Å². The van der Waals surface area contributed by atoms with Crippen LogP contribution in [0.2, 0.25) is 0 Å². The molecule has 3 rings (SSSR count). The number of carbonyl (C=O) groups excluding carboxylic acids is 1. The molecule has 0 aliphatic carbocycles. The van der Waals surface area contributed by atoms with Gasteiger partial charge in [0.15, 0.2) is 11.5 Å². The van der Waals surface area contributed by atoms with Crippen molar-refractivity contribution in [2.75, 3.05) is 31.0 Å². The summed E-state index contributed by atoms with van der Waals surface area (Å²) < 4.78 is 10.5. The monoisotopic (exact) mass is 391 g/mol. The van der Waals surface area contributed by atoms with Crippen molar-refractivity contribution in [3.8, 4) is 11.5 Å². The first-order valence-corrected chi connectivity index (χ1v) is 9.39. The number of methoxy groups -OCH3 is 2. The molecular formula is C23H25N3O3. The third-order valence-electron chi connectivity index (χ3n) is 4.56. The molecule has 1 heterocycles. The number of rotatable bonds is 7. The van der Waals surface area contributed by atoms with E-state index in [1.165, 1.54) is 5.56 Å². The Labute approximate surface area is 171 Å². The number of aromatic nitrogens is 1. The zero-order valence-electron chi connectivity index (χ0n) is 17.1. The molecule has 0 aliphatic rings. The molecule has 1 aromatic heterocycles. The lowest BCUT2D eigenvalue weighted by Gasteiger charge is -2.23. The maximum Gasteiger partial charge on any atom is 0.274 e. The third kappa shape index (κ3) is 4.66. The molecule has 2 aromatic carbocycles. The zero-order chi connectivity index (χ0) is 20.8. The molecule has 0 spiro atoms. The van der Waals surface area contributed by atoms with Gasteiger partial charge in [-0.3, -0.25) is 4.79 Å². The van der Waals surface area contributed by atoms with Crippen LogP contribution in [0.15, 0.2) is 60.8 Å². The Bertz CT molecular complexity index is 987. The number of anilines is 3. The van der Waals surface area contributed by atoms with Crippen molar-refractivity contribution in [2.24, 2.45) is 0 Å². The minimum Gasteiger partial charge on any atom is -0.493 e. The molecule has 29 heavy (non-hydrogen) atoms. The number of aryl methyl sites for hydroxylation is 1. The number of ether oxygens (including phenoxy) is 2. The fourth-order valence-electron chi connectivity index (χ4n) is 3.10. The lowest BCUT2D eigenvalue weighted by molar-refractivity contribution is 0.102. The zero-order valence-corrected chi connectivity index (χ0v) is 17.1. The minimum atomic E-state index is -0.289. The van der Waals surface area contributed by atoms with E-state index >= 15 is 0 Å². The van der Waals surface area contributed by atoms with Crippen molar-refractivity contribution in [1.29, 1.82) is 0 Å². The van der Waals surface area contributed by atoms with Crippen molar-refractivity contribution in [3.63, 3.8) is 0 Å². The van der Waals surface area contributed by atoms with E-state index in [-0.39, 0.29) is 5.91 Å². The van der Waals surface area contributed by atoms with E-state index in [2.05, 4.69) is 47.2 Å². The lowest BCUT2D eigenvalue weighted by atomic mass is 10.2. The normalized spacial score (nSPS) is 10.3. The Morgan fingerprint density at radius 3 is 2.41 bits per heavy atom. The van der Waals surface area contributed by atoms with E-state index < -0.39 is 0 Å². The van der Waals surface area contributed by atoms with Gasteiger partial charge in [0.05, 0.1) is 26.1 Å². The molecule has 0 unspecified atom stereocenters. The van der Waals surface area contributed by atoms with Gasteiger partial charge in [-0.2, -0.15) is 0 Å². The van der Waals surface area contributed by atoms with Gasteiger partial charge in [-0.1, -0.05) is 12.1 Å². The summed E-state index contributed by atoms with van der Waals surface area (Å²) in [5, 5.41) is 2.84. The predicted molar refractivity (Wildman–Crippen MR) is 116 cm³/mol. The van der Waals surface area contributed by atoms with E-state index in [1.54, 1.807) is 44.7 Å². The number of pyridine rings is 1. The van der Waals surface area contributed by atoms with Crippen LogP contribution in [0.3, 0.4) is 0 Å². The van der Waals surface area contributed by atoms with Gasteiger partial charge in [0.25, 0.3) is 5.91 Å². The second-order valence-electron chi connectivity index (χ2n) is 6.51. The van der Waals surface area contributed by atoms with Crippen LogP contribution in [-0.4, -0.2) is 31.7 Å². The average Bonchev–Trinajstić information content (AvgIpc) is 2.74. The highest BCUT2D eigenvalue weighted by molar-refractivity contribution is 6.03. The van der Waals surface area contributed by atoms with Gasteiger partial charge < -0.3 is 19.7 Å². The van der Waals surface area contributed by atoms with E-state index in [0.717, 1.165) is 17.9 Å². The maximum absolute atomic E-state index is 12.6. The first-order chi connectivity index (χ1) is 14.0. The summed E-state index contributed by atoms with van der Waals surface area (Å²) in [6.45, 7) is 4.94. The molecule has 0 saturated heterocycles. The third-order valence-corrected chi connectivity index (χ3v) is 4.56. The summed E-state index contributed by atoms with van der Waals surface area (Å²) in [4.78, 5) is 19.1. The van der Waals surface area contributed by atoms with Crippen LogP contribution in [0.1, 0.15) is 23.0 Å². The van der Waals surface area contributed by atoms with Crippen molar-refractivity contribution in [2.45, 2.75) is 13.8 Å². The minimum absolute atomic E-state index is 0.289. The van der Waals surface area contributed by atoms with Gasteiger partial charge in [0.1, 0.15) is 5.69 Å². The quantitative estimate of drug-likeness (QED) is 0.626. The summed E-state index contributed by atoms with van der Waals surface area (Å²) in [7, 11) is 3.12. The molecule has 0 saturated carbocycles. The number of benzene rings is 2. The van der Waals surface area contributed by atoms with Crippen LogP contribution in [0.4, 0.5) is 17.1 Å². The smallest absolute Gasteiger partial charge is 0.274 e. The fraction of sp³-hybridized carbons (Fsp3) is 0.217. The van der Waals surface area contributed by atoms with E-state index in [9.17, 15) is 4.79 Å². The van der Waals surface area contributed by atoms with Crippen LogP contribution in [0.5, 0.6) is 11.5 Å². The molecular weight excluding hydrogens is 366 g/mol. The molecule has 150 valence electrons. The summed E-state index contributed by atoms with van der Waals surface area (Å²) in [5.41, 5.74) is 4.16. The number of amides is 1. The number of nitrogens with zero attached hydrogens (tertiary/aromatic N) is 2. The van der Waals surface area contributed by atoms with E-state index in [0.29, 0.717) is 22.9 Å². The highest BCUT2D eigenvalue weighted by Crippen LogP contribution is 2.30.